The highest BCUT2D eigenvalue weighted by Gasteiger charge is 2.04. The van der Waals surface area contributed by atoms with E-state index in [0.29, 0.717) is 0 Å². The summed E-state index contributed by atoms with van der Waals surface area (Å²) < 4.78 is 0. The first kappa shape index (κ1) is 9.90. The molecule has 17 heavy (non-hydrogen) atoms. The molecule has 0 N–H and O–H groups in total. The quantitative estimate of drug-likeness (QED) is 0.634. The highest BCUT2D eigenvalue weighted by atomic mass is 14.8. The summed E-state index contributed by atoms with van der Waals surface area (Å²) in [7, 11) is 0. The molecule has 2 heterocycles. The molecule has 0 saturated heterocycles. The van der Waals surface area contributed by atoms with E-state index < -0.39 is 0 Å². The van der Waals surface area contributed by atoms with E-state index in [9.17, 15) is 0 Å². The molecule has 0 bridgehead atoms. The van der Waals surface area contributed by atoms with E-state index in [-0.39, 0.29) is 0 Å². The van der Waals surface area contributed by atoms with Crippen LogP contribution in [0.1, 0.15) is 5.69 Å². The summed E-state index contributed by atoms with van der Waals surface area (Å²) in [6, 6.07) is 10.2. The van der Waals surface area contributed by atoms with Crippen molar-refractivity contribution in [3.05, 3.63) is 54.7 Å². The van der Waals surface area contributed by atoms with Crippen LogP contribution in [0.15, 0.2) is 49.1 Å². The molecule has 3 nitrogen and oxygen atoms in total. The summed E-state index contributed by atoms with van der Waals surface area (Å²) in [6.07, 6.45) is 5.28. The van der Waals surface area contributed by atoms with Gasteiger partial charge in [-0.05, 0) is 24.4 Å². The highest BCUT2D eigenvalue weighted by Crippen LogP contribution is 2.26. The molecule has 0 aliphatic rings. The summed E-state index contributed by atoms with van der Waals surface area (Å²) in [6.45, 7) is 1.97. The molecule has 3 aromatic rings. The maximum atomic E-state index is 4.33. The van der Waals surface area contributed by atoms with Gasteiger partial charge in [-0.1, -0.05) is 18.2 Å². The largest absolute Gasteiger partial charge is 0.264 e. The Kier molecular flexibility index (Phi) is 2.29. The Morgan fingerprint density at radius 3 is 2.88 bits per heavy atom. The summed E-state index contributed by atoms with van der Waals surface area (Å²) in [4.78, 5) is 12.6. The normalized spacial score (nSPS) is 10.6. The van der Waals surface area contributed by atoms with Gasteiger partial charge in [0.15, 0.2) is 0 Å². The molecule has 0 aliphatic heterocycles. The molecular weight excluding hydrogens is 210 g/mol. The standard InChI is InChI=1S/C14H11N3/c1-10-7-14(17-9-16-10)13-4-2-3-11-8-15-6-5-12(11)13/h2-9H,1H3. The van der Waals surface area contributed by atoms with Gasteiger partial charge < -0.3 is 0 Å². The van der Waals surface area contributed by atoms with Crippen molar-refractivity contribution in [3.8, 4) is 11.3 Å². The third kappa shape index (κ3) is 1.76. The summed E-state index contributed by atoms with van der Waals surface area (Å²) in [5.41, 5.74) is 3.05. The lowest BCUT2D eigenvalue weighted by atomic mass is 10.0. The zero-order valence-corrected chi connectivity index (χ0v) is 9.46. The van der Waals surface area contributed by atoms with Gasteiger partial charge in [-0.3, -0.25) is 4.98 Å². The monoisotopic (exact) mass is 221 g/mol. The SMILES string of the molecule is Cc1cc(-c2cccc3cnccc23)ncn1. The lowest BCUT2D eigenvalue weighted by Crippen LogP contribution is -1.89. The van der Waals surface area contributed by atoms with Crippen LogP contribution in [0.25, 0.3) is 22.0 Å². The van der Waals surface area contributed by atoms with E-state index in [0.717, 1.165) is 22.3 Å². The molecular formula is C14H11N3. The van der Waals surface area contributed by atoms with Crippen LogP contribution in [-0.2, 0) is 0 Å². The van der Waals surface area contributed by atoms with Crippen molar-refractivity contribution in [3.63, 3.8) is 0 Å². The number of fused-ring (bicyclic) bond motifs is 1. The Morgan fingerprint density at radius 1 is 1.06 bits per heavy atom. The number of hydrogen-bond donors (Lipinski definition) is 0. The van der Waals surface area contributed by atoms with Gasteiger partial charge in [0.1, 0.15) is 6.33 Å². The van der Waals surface area contributed by atoms with Crippen molar-refractivity contribution in [2.24, 2.45) is 0 Å². The molecule has 0 amide bonds. The smallest absolute Gasteiger partial charge is 0.116 e. The number of nitrogens with zero attached hydrogens (tertiary/aromatic N) is 3. The van der Waals surface area contributed by atoms with Crippen LogP contribution in [-0.4, -0.2) is 15.0 Å². The number of benzene rings is 1. The van der Waals surface area contributed by atoms with Crippen LogP contribution >= 0.6 is 0 Å². The van der Waals surface area contributed by atoms with Crippen molar-refractivity contribution in [2.45, 2.75) is 6.92 Å². The van der Waals surface area contributed by atoms with E-state index >= 15 is 0 Å². The molecule has 3 rings (SSSR count). The van der Waals surface area contributed by atoms with Gasteiger partial charge in [0.2, 0.25) is 0 Å². The van der Waals surface area contributed by atoms with Crippen LogP contribution < -0.4 is 0 Å². The highest BCUT2D eigenvalue weighted by molar-refractivity contribution is 5.95. The number of pyridine rings is 1. The van der Waals surface area contributed by atoms with Gasteiger partial charge in [0, 0.05) is 29.0 Å². The minimum atomic E-state index is 0.953. The van der Waals surface area contributed by atoms with Gasteiger partial charge in [-0.2, -0.15) is 0 Å². The summed E-state index contributed by atoms with van der Waals surface area (Å²) in [5, 5.41) is 2.29. The minimum Gasteiger partial charge on any atom is -0.264 e. The van der Waals surface area contributed by atoms with Gasteiger partial charge in [0.05, 0.1) is 5.69 Å². The lowest BCUT2D eigenvalue weighted by molar-refractivity contribution is 1.11. The second-order valence-electron chi connectivity index (χ2n) is 3.95. The molecule has 0 fully saturated rings. The average molecular weight is 221 g/mol. The number of rotatable bonds is 1. The third-order valence-electron chi connectivity index (χ3n) is 2.76. The Labute approximate surface area is 99.2 Å². The van der Waals surface area contributed by atoms with Crippen molar-refractivity contribution < 1.29 is 0 Å². The Balaban J connectivity index is 2.30. The second-order valence-corrected chi connectivity index (χ2v) is 3.95. The average Bonchev–Trinajstić information content (AvgIpc) is 2.38. The van der Waals surface area contributed by atoms with Crippen molar-refractivity contribution in [2.75, 3.05) is 0 Å². The molecule has 2 aromatic heterocycles. The summed E-state index contributed by atoms with van der Waals surface area (Å²) in [5.74, 6) is 0. The Hall–Kier alpha value is -2.29. The second kappa shape index (κ2) is 3.94. The van der Waals surface area contributed by atoms with Crippen LogP contribution in [0.3, 0.4) is 0 Å². The Bertz CT molecular complexity index is 672. The van der Waals surface area contributed by atoms with Gasteiger partial charge in [0.25, 0.3) is 0 Å². The lowest BCUT2D eigenvalue weighted by Gasteiger charge is -2.05. The van der Waals surface area contributed by atoms with E-state index in [4.69, 9.17) is 0 Å². The van der Waals surface area contributed by atoms with E-state index in [2.05, 4.69) is 27.1 Å². The zero-order chi connectivity index (χ0) is 11.7. The molecule has 0 aliphatic carbocycles. The zero-order valence-electron chi connectivity index (χ0n) is 9.46. The van der Waals surface area contributed by atoms with Crippen LogP contribution in [0.4, 0.5) is 0 Å². The number of aromatic nitrogens is 3. The third-order valence-corrected chi connectivity index (χ3v) is 2.76. The van der Waals surface area contributed by atoms with Crippen LogP contribution in [0.5, 0.6) is 0 Å². The molecule has 1 aromatic carbocycles. The van der Waals surface area contributed by atoms with E-state index in [1.807, 2.05) is 31.3 Å². The first-order valence-corrected chi connectivity index (χ1v) is 5.46. The molecule has 0 radical (unpaired) electrons. The first-order valence-electron chi connectivity index (χ1n) is 5.46. The van der Waals surface area contributed by atoms with Gasteiger partial charge in [-0.15, -0.1) is 0 Å². The van der Waals surface area contributed by atoms with Gasteiger partial charge in [-0.25, -0.2) is 9.97 Å². The van der Waals surface area contributed by atoms with E-state index in [1.165, 1.54) is 5.39 Å². The van der Waals surface area contributed by atoms with Crippen LogP contribution in [0, 0.1) is 6.92 Å². The number of hydrogen-bond acceptors (Lipinski definition) is 3. The topological polar surface area (TPSA) is 38.7 Å². The van der Waals surface area contributed by atoms with Gasteiger partial charge >= 0.3 is 0 Å². The van der Waals surface area contributed by atoms with Crippen molar-refractivity contribution in [1.29, 1.82) is 0 Å². The fraction of sp³-hybridized carbons (Fsp3) is 0.0714. The predicted octanol–water partition coefficient (Wildman–Crippen LogP) is 3.00. The van der Waals surface area contributed by atoms with Crippen LogP contribution in [0.2, 0.25) is 0 Å². The summed E-state index contributed by atoms with van der Waals surface area (Å²) >= 11 is 0. The minimum absolute atomic E-state index is 0.953. The molecule has 0 unspecified atom stereocenters. The predicted molar refractivity (Wildman–Crippen MR) is 67.5 cm³/mol. The first-order chi connectivity index (χ1) is 8.34. The number of aryl methyl sites for hydroxylation is 1. The molecule has 3 heteroatoms. The maximum Gasteiger partial charge on any atom is 0.116 e. The molecule has 0 saturated carbocycles. The fourth-order valence-corrected chi connectivity index (χ4v) is 1.95. The Morgan fingerprint density at radius 2 is 2.00 bits per heavy atom. The molecule has 0 atom stereocenters. The maximum absolute atomic E-state index is 4.33. The molecule has 82 valence electrons. The van der Waals surface area contributed by atoms with Crippen molar-refractivity contribution in [1.82, 2.24) is 15.0 Å². The molecule has 0 spiro atoms. The fourth-order valence-electron chi connectivity index (χ4n) is 1.95. The van der Waals surface area contributed by atoms with Crippen molar-refractivity contribution >= 4 is 10.8 Å². The van der Waals surface area contributed by atoms with E-state index in [1.54, 1.807) is 12.5 Å².